The molecule has 5 saturated heterocycles. The maximum absolute atomic E-state index is 14.5. The van der Waals surface area contributed by atoms with E-state index in [1.165, 1.54) is 5.56 Å². The van der Waals surface area contributed by atoms with Gasteiger partial charge in [-0.1, -0.05) is 51.1 Å². The number of hydrogen-bond acceptors (Lipinski definition) is 12. The number of carbonyl (C=O) groups excluding carboxylic acids is 1. The van der Waals surface area contributed by atoms with E-state index in [4.69, 9.17) is 33.2 Å². The lowest BCUT2D eigenvalue weighted by Crippen LogP contribution is -2.61. The van der Waals surface area contributed by atoms with Gasteiger partial charge in [-0.05, 0) is 93.3 Å². The lowest BCUT2D eigenvalue weighted by molar-refractivity contribution is -0.325. The van der Waals surface area contributed by atoms with Crippen LogP contribution in [-0.2, 0) is 44.4 Å². The number of aliphatic hydroxyl groups is 2. The van der Waals surface area contributed by atoms with E-state index in [0.717, 1.165) is 25.8 Å². The molecule has 56 heavy (non-hydrogen) atoms. The van der Waals surface area contributed by atoms with Crippen LogP contribution in [0.2, 0.25) is 0 Å². The van der Waals surface area contributed by atoms with Crippen LogP contribution in [-0.4, -0.2) is 138 Å². The van der Waals surface area contributed by atoms with E-state index in [1.54, 1.807) is 14.0 Å². The number of rotatable bonds is 11. The lowest BCUT2D eigenvalue weighted by Gasteiger charge is -2.49. The van der Waals surface area contributed by atoms with Gasteiger partial charge >= 0.3 is 5.97 Å². The van der Waals surface area contributed by atoms with Crippen molar-refractivity contribution < 1.29 is 48.2 Å². The summed E-state index contributed by atoms with van der Waals surface area (Å²) in [5, 5.41) is 22.8. The van der Waals surface area contributed by atoms with Crippen LogP contribution in [0.3, 0.4) is 0 Å². The van der Waals surface area contributed by atoms with E-state index >= 15 is 0 Å². The molecule has 3 bridgehead atoms. The van der Waals surface area contributed by atoms with E-state index in [-0.39, 0.29) is 42.4 Å². The summed E-state index contributed by atoms with van der Waals surface area (Å²) in [4.78, 5) is 19.0. The first kappa shape index (κ1) is 43.9. The highest BCUT2D eigenvalue weighted by Crippen LogP contribution is 2.58. The molecule has 5 aliphatic rings. The molecule has 5 aliphatic heterocycles. The number of nitrogens with zero attached hydrogens (tertiary/aromatic N) is 2. The van der Waals surface area contributed by atoms with Gasteiger partial charge in [0.25, 0.3) is 0 Å². The van der Waals surface area contributed by atoms with Crippen molar-refractivity contribution in [3.05, 3.63) is 35.9 Å². The van der Waals surface area contributed by atoms with Crippen LogP contribution < -0.4 is 0 Å². The quantitative estimate of drug-likeness (QED) is 0.227. The van der Waals surface area contributed by atoms with Gasteiger partial charge in [0.05, 0.1) is 41.5 Å². The first-order valence-electron chi connectivity index (χ1n) is 21.3. The summed E-state index contributed by atoms with van der Waals surface area (Å²) in [5.74, 6) is -1.65. The van der Waals surface area contributed by atoms with E-state index in [1.807, 2.05) is 52.8 Å². The monoisotopic (exact) mass is 789 g/mol. The molecule has 12 nitrogen and oxygen atoms in total. The number of unbranched alkanes of at least 4 members (excludes halogenated alkanes) is 1. The summed E-state index contributed by atoms with van der Waals surface area (Å²) >= 11 is 0. The summed E-state index contributed by atoms with van der Waals surface area (Å²) in [6.45, 7) is 19.1. The fraction of sp³-hybridized carbons (Fsp3) is 0.841. The van der Waals surface area contributed by atoms with Crippen molar-refractivity contribution in [3.63, 3.8) is 0 Å². The predicted molar refractivity (Wildman–Crippen MR) is 211 cm³/mol. The first-order chi connectivity index (χ1) is 26.4. The van der Waals surface area contributed by atoms with Crippen LogP contribution in [0.15, 0.2) is 30.3 Å². The molecule has 5 heterocycles. The van der Waals surface area contributed by atoms with Crippen LogP contribution in [0.4, 0.5) is 0 Å². The van der Waals surface area contributed by atoms with Gasteiger partial charge in [0.2, 0.25) is 0 Å². The Morgan fingerprint density at radius 2 is 1.64 bits per heavy atom. The third-order valence-corrected chi connectivity index (χ3v) is 14.4. The van der Waals surface area contributed by atoms with E-state index in [9.17, 15) is 15.0 Å². The minimum Gasteiger partial charge on any atom is -0.460 e. The number of aliphatic hydroxyl groups excluding tert-OH is 2. The number of methoxy groups -OCH3 is 1. The molecule has 0 radical (unpaired) electrons. The molecular weight excluding hydrogens is 716 g/mol. The molecule has 18 atom stereocenters. The number of likely N-dealkylation sites (N-methyl/N-ethyl adjacent to an activating group) is 1. The Morgan fingerprint density at radius 1 is 0.946 bits per heavy atom. The zero-order valence-corrected chi connectivity index (χ0v) is 36.1. The van der Waals surface area contributed by atoms with E-state index in [0.29, 0.717) is 12.8 Å². The summed E-state index contributed by atoms with van der Waals surface area (Å²) in [5.41, 5.74) is -1.21. The second-order valence-corrected chi connectivity index (χ2v) is 18.7. The number of fused-ring (bicyclic) bond motifs is 2. The largest absolute Gasteiger partial charge is 0.460 e. The number of ether oxygens (including phenoxy) is 7. The smallest absolute Gasteiger partial charge is 0.311 e. The number of likely N-dealkylation sites (tertiary alicyclic amines) is 1. The average molecular weight is 789 g/mol. The fourth-order valence-corrected chi connectivity index (χ4v) is 11.2. The molecule has 0 aliphatic carbocycles. The van der Waals surface area contributed by atoms with Gasteiger partial charge in [-0.2, -0.15) is 0 Å². The molecule has 1 aromatic rings. The number of hydrogen-bond donors (Lipinski definition) is 2. The highest BCUT2D eigenvalue weighted by Gasteiger charge is 2.69. The Kier molecular flexibility index (Phi) is 13.4. The molecule has 5 fully saturated rings. The Balaban J connectivity index is 1.38. The van der Waals surface area contributed by atoms with Gasteiger partial charge in [-0.25, -0.2) is 0 Å². The zero-order valence-electron chi connectivity index (χ0n) is 36.1. The number of benzene rings is 1. The van der Waals surface area contributed by atoms with Crippen molar-refractivity contribution in [2.24, 2.45) is 23.7 Å². The Labute approximate surface area is 335 Å². The Bertz CT molecular complexity index is 1470. The van der Waals surface area contributed by atoms with Crippen molar-refractivity contribution in [1.29, 1.82) is 0 Å². The maximum Gasteiger partial charge on any atom is 0.311 e. The van der Waals surface area contributed by atoms with Crippen LogP contribution >= 0.6 is 0 Å². The second kappa shape index (κ2) is 17.1. The lowest BCUT2D eigenvalue weighted by atomic mass is 9.77. The molecule has 0 aromatic heterocycles. The minimum atomic E-state index is -0.946. The van der Waals surface area contributed by atoms with Gasteiger partial charge in [0.15, 0.2) is 12.6 Å². The minimum absolute atomic E-state index is 0.0503. The zero-order chi connectivity index (χ0) is 40.9. The number of carbonyl (C=O) groups is 1. The first-order valence-corrected chi connectivity index (χ1v) is 21.3. The van der Waals surface area contributed by atoms with Crippen LogP contribution in [0.1, 0.15) is 100.0 Å². The molecule has 0 unspecified atom stereocenters. The molecule has 2 N–H and O–H groups in total. The molecule has 6 rings (SSSR count). The van der Waals surface area contributed by atoms with Gasteiger partial charge in [0.1, 0.15) is 24.0 Å². The number of esters is 1. The Hall–Kier alpha value is -1.71. The molecule has 1 aromatic carbocycles. The van der Waals surface area contributed by atoms with Gasteiger partial charge in [-0.3, -0.25) is 9.69 Å². The highest BCUT2D eigenvalue weighted by molar-refractivity contribution is 5.73. The van der Waals surface area contributed by atoms with Crippen molar-refractivity contribution in [2.45, 2.75) is 185 Å². The summed E-state index contributed by atoms with van der Waals surface area (Å²) < 4.78 is 46.8. The van der Waals surface area contributed by atoms with Crippen molar-refractivity contribution >= 4 is 5.97 Å². The van der Waals surface area contributed by atoms with E-state index in [2.05, 4.69) is 56.9 Å². The normalized spacial score (nSPS) is 47.5. The average Bonchev–Trinajstić information content (AvgIpc) is 3.54. The second-order valence-electron chi connectivity index (χ2n) is 18.7. The predicted octanol–water partition coefficient (Wildman–Crippen LogP) is 5.16. The molecule has 1 spiro atoms. The molecule has 318 valence electrons. The van der Waals surface area contributed by atoms with Crippen molar-refractivity contribution in [1.82, 2.24) is 9.80 Å². The molecule has 12 heteroatoms. The third kappa shape index (κ3) is 8.10. The maximum atomic E-state index is 14.5. The summed E-state index contributed by atoms with van der Waals surface area (Å²) in [6, 6.07) is 10.3. The number of aryl methyl sites for hydroxylation is 1. The third-order valence-electron chi connectivity index (χ3n) is 14.4. The molecule has 0 saturated carbocycles. The molecule has 0 amide bonds. The van der Waals surface area contributed by atoms with Gasteiger partial charge in [0, 0.05) is 49.9 Å². The molecular formula is C44H72N2O10. The summed E-state index contributed by atoms with van der Waals surface area (Å²) in [6.07, 6.45) is -1.55. The van der Waals surface area contributed by atoms with Crippen molar-refractivity contribution in [3.8, 4) is 0 Å². The van der Waals surface area contributed by atoms with Gasteiger partial charge < -0.3 is 48.3 Å². The Morgan fingerprint density at radius 3 is 2.30 bits per heavy atom. The van der Waals surface area contributed by atoms with E-state index < -0.39 is 78.0 Å². The van der Waals surface area contributed by atoms with Crippen LogP contribution in [0, 0.1) is 23.7 Å². The van der Waals surface area contributed by atoms with Crippen LogP contribution in [0.25, 0.3) is 0 Å². The highest BCUT2D eigenvalue weighted by atomic mass is 16.7. The standard InChI is InChI=1S/C44H72N2O10/c1-25-23-43(9)39(55-41-35(47)33(45(10)11)22-26(2)51-41)27(3)36(53-34-24-42(8,50-12)38(48)31(7)52-34)28(4)40(49)54-37-29(5)44(25,56-43)46(30(37)6)21-17-16-20-32-18-14-13-15-19-32/h13-15,18-19,25-31,33-39,41,47-48H,16-17,20-24H2,1-12H3/t25-,26-,27+,28-,29-,30-,31+,33+,34+,35-,36+,37-,38+,39-,41+,42-,43-,44+/m1/s1. The summed E-state index contributed by atoms with van der Waals surface area (Å²) in [7, 11) is 5.51. The topological polar surface area (TPSA) is 129 Å². The van der Waals surface area contributed by atoms with Gasteiger partial charge in [-0.15, -0.1) is 0 Å². The van der Waals surface area contributed by atoms with Crippen molar-refractivity contribution in [2.75, 3.05) is 27.7 Å². The fourth-order valence-electron chi connectivity index (χ4n) is 11.2. The van der Waals surface area contributed by atoms with Crippen LogP contribution in [0.5, 0.6) is 0 Å². The SMILES string of the molecule is CO[C@]1(C)C[C@H](O[C@H]2[C@H](C)[C@@H](O[C@@H]3O[C@H](C)C[C@H](N(C)C)[C@H]3O)[C@@]3(C)C[C@@H](C)[C@]4(O3)[C@H](C)[C@@H](OC(=O)[C@@H]2C)[C@@H](C)N4CCCCc2ccccc2)O[C@@H](C)[C@@H]1O.